The van der Waals surface area contributed by atoms with Gasteiger partial charge in [-0.2, -0.15) is 0 Å². The Morgan fingerprint density at radius 1 is 1.00 bits per heavy atom. The van der Waals surface area contributed by atoms with E-state index in [1.807, 2.05) is 6.07 Å². The molecule has 0 aliphatic rings. The quantitative estimate of drug-likeness (QED) is 0.850. The number of rotatable bonds is 4. The minimum absolute atomic E-state index is 0.191. The van der Waals surface area contributed by atoms with E-state index in [9.17, 15) is 4.39 Å². The summed E-state index contributed by atoms with van der Waals surface area (Å²) in [4.78, 5) is 8.13. The lowest BCUT2D eigenvalue weighted by molar-refractivity contribution is 0.582. The molecule has 0 aliphatic carbocycles. The van der Waals surface area contributed by atoms with Gasteiger partial charge in [0.25, 0.3) is 0 Å². The van der Waals surface area contributed by atoms with Crippen molar-refractivity contribution in [2.45, 2.75) is 13.1 Å². The van der Waals surface area contributed by atoms with Crippen molar-refractivity contribution < 1.29 is 4.39 Å². The molecule has 0 amide bonds. The Hall–Kier alpha value is -1.81. The molecule has 1 N–H and O–H groups in total. The Morgan fingerprint density at radius 3 is 2.50 bits per heavy atom. The summed E-state index contributed by atoms with van der Waals surface area (Å²) in [6, 6.07) is 8.48. The van der Waals surface area contributed by atoms with Crippen LogP contribution >= 0.6 is 0 Å². The van der Waals surface area contributed by atoms with Gasteiger partial charge in [-0.1, -0.05) is 18.2 Å². The first-order valence-electron chi connectivity index (χ1n) is 5.06. The smallest absolute Gasteiger partial charge is 0.141 e. The number of hydrogen-bond donors (Lipinski definition) is 1. The van der Waals surface area contributed by atoms with Crippen molar-refractivity contribution in [3.8, 4) is 0 Å². The molecule has 16 heavy (non-hydrogen) atoms. The first-order chi connectivity index (χ1) is 7.86. The van der Waals surface area contributed by atoms with E-state index in [1.54, 1.807) is 30.6 Å². The van der Waals surface area contributed by atoms with Crippen LogP contribution in [0.2, 0.25) is 0 Å². The molecule has 0 spiro atoms. The zero-order valence-corrected chi connectivity index (χ0v) is 8.73. The Bertz CT molecular complexity index is 445. The largest absolute Gasteiger partial charge is 0.306 e. The monoisotopic (exact) mass is 217 g/mol. The Morgan fingerprint density at radius 2 is 1.75 bits per heavy atom. The summed E-state index contributed by atoms with van der Waals surface area (Å²) in [7, 11) is 0. The van der Waals surface area contributed by atoms with E-state index in [4.69, 9.17) is 0 Å². The van der Waals surface area contributed by atoms with Crippen molar-refractivity contribution in [2.24, 2.45) is 0 Å². The van der Waals surface area contributed by atoms with Crippen molar-refractivity contribution in [1.29, 1.82) is 0 Å². The topological polar surface area (TPSA) is 37.8 Å². The highest BCUT2D eigenvalue weighted by Gasteiger charge is 2.00. The van der Waals surface area contributed by atoms with E-state index in [2.05, 4.69) is 15.3 Å². The number of aromatic nitrogens is 2. The van der Waals surface area contributed by atoms with E-state index < -0.39 is 0 Å². The number of benzene rings is 1. The summed E-state index contributed by atoms with van der Waals surface area (Å²) in [5.74, 6) is 0.516. The number of hydrogen-bond acceptors (Lipinski definition) is 3. The molecular formula is C12H12FN3. The second-order valence-corrected chi connectivity index (χ2v) is 3.36. The zero-order chi connectivity index (χ0) is 11.2. The summed E-state index contributed by atoms with van der Waals surface area (Å²) < 4.78 is 13.2. The predicted molar refractivity (Wildman–Crippen MR) is 59.0 cm³/mol. The van der Waals surface area contributed by atoms with Crippen LogP contribution in [0, 0.1) is 5.82 Å². The van der Waals surface area contributed by atoms with Gasteiger partial charge in [-0.05, 0) is 12.1 Å². The van der Waals surface area contributed by atoms with Crippen LogP contribution in [-0.4, -0.2) is 9.97 Å². The van der Waals surface area contributed by atoms with Crippen molar-refractivity contribution in [3.05, 3.63) is 59.9 Å². The van der Waals surface area contributed by atoms with Gasteiger partial charge in [0.15, 0.2) is 0 Å². The van der Waals surface area contributed by atoms with E-state index in [1.165, 1.54) is 6.07 Å². The summed E-state index contributed by atoms with van der Waals surface area (Å²) in [6.07, 6.45) is 3.38. The Balaban J connectivity index is 1.87. The minimum Gasteiger partial charge on any atom is -0.306 e. The standard InChI is InChI=1S/C12H12FN3/c13-11-5-2-1-4-10(11)8-14-9-12-15-6-3-7-16-12/h1-7,14H,8-9H2. The molecule has 4 heteroatoms. The fourth-order valence-corrected chi connectivity index (χ4v) is 1.37. The molecule has 2 aromatic rings. The van der Waals surface area contributed by atoms with Crippen molar-refractivity contribution in [2.75, 3.05) is 0 Å². The van der Waals surface area contributed by atoms with Crippen LogP contribution in [0.1, 0.15) is 11.4 Å². The van der Waals surface area contributed by atoms with Gasteiger partial charge in [-0.3, -0.25) is 0 Å². The highest BCUT2D eigenvalue weighted by atomic mass is 19.1. The van der Waals surface area contributed by atoms with Gasteiger partial charge in [0.2, 0.25) is 0 Å². The van der Waals surface area contributed by atoms with Crippen molar-refractivity contribution in [3.63, 3.8) is 0 Å². The maximum Gasteiger partial charge on any atom is 0.141 e. The fraction of sp³-hybridized carbons (Fsp3) is 0.167. The van der Waals surface area contributed by atoms with Crippen LogP contribution in [-0.2, 0) is 13.1 Å². The maximum absolute atomic E-state index is 13.2. The van der Waals surface area contributed by atoms with E-state index >= 15 is 0 Å². The second kappa shape index (κ2) is 5.32. The average molecular weight is 217 g/mol. The molecule has 1 aromatic heterocycles. The normalized spacial score (nSPS) is 10.3. The first kappa shape index (κ1) is 10.7. The van der Waals surface area contributed by atoms with Crippen LogP contribution in [0.15, 0.2) is 42.7 Å². The number of halogens is 1. The van der Waals surface area contributed by atoms with E-state index in [0.29, 0.717) is 24.5 Å². The molecule has 1 heterocycles. The van der Waals surface area contributed by atoms with Gasteiger partial charge in [0, 0.05) is 24.5 Å². The van der Waals surface area contributed by atoms with Crippen LogP contribution in [0.3, 0.4) is 0 Å². The lowest BCUT2D eigenvalue weighted by atomic mass is 10.2. The third-order valence-electron chi connectivity index (χ3n) is 2.18. The molecular weight excluding hydrogens is 205 g/mol. The second-order valence-electron chi connectivity index (χ2n) is 3.36. The van der Waals surface area contributed by atoms with Crippen LogP contribution in [0.4, 0.5) is 4.39 Å². The molecule has 1 aromatic carbocycles. The van der Waals surface area contributed by atoms with Gasteiger partial charge in [0.1, 0.15) is 11.6 Å². The summed E-state index contributed by atoms with van der Waals surface area (Å²) in [6.45, 7) is 1.01. The lowest BCUT2D eigenvalue weighted by Gasteiger charge is -2.04. The van der Waals surface area contributed by atoms with Gasteiger partial charge in [-0.15, -0.1) is 0 Å². The van der Waals surface area contributed by atoms with Crippen LogP contribution < -0.4 is 5.32 Å². The Kier molecular flexibility index (Phi) is 3.56. The molecule has 0 unspecified atom stereocenters. The van der Waals surface area contributed by atoms with Gasteiger partial charge >= 0.3 is 0 Å². The SMILES string of the molecule is Fc1ccccc1CNCc1ncccn1. The molecule has 0 fully saturated rings. The molecule has 0 saturated carbocycles. The zero-order valence-electron chi connectivity index (χ0n) is 8.73. The maximum atomic E-state index is 13.2. The average Bonchev–Trinajstić information content (AvgIpc) is 2.33. The minimum atomic E-state index is -0.191. The molecule has 2 rings (SSSR count). The van der Waals surface area contributed by atoms with Gasteiger partial charge in [0.05, 0.1) is 6.54 Å². The Labute approximate surface area is 93.4 Å². The molecule has 82 valence electrons. The molecule has 0 bridgehead atoms. The lowest BCUT2D eigenvalue weighted by Crippen LogP contribution is -2.15. The molecule has 0 saturated heterocycles. The van der Waals surface area contributed by atoms with Gasteiger partial charge < -0.3 is 5.32 Å². The van der Waals surface area contributed by atoms with E-state index in [-0.39, 0.29) is 5.82 Å². The van der Waals surface area contributed by atoms with E-state index in [0.717, 1.165) is 0 Å². The third-order valence-corrected chi connectivity index (χ3v) is 2.18. The molecule has 0 radical (unpaired) electrons. The summed E-state index contributed by atoms with van der Waals surface area (Å²) in [5.41, 5.74) is 0.651. The highest BCUT2D eigenvalue weighted by Crippen LogP contribution is 2.05. The van der Waals surface area contributed by atoms with Gasteiger partial charge in [-0.25, -0.2) is 14.4 Å². The molecule has 0 aliphatic heterocycles. The number of nitrogens with zero attached hydrogens (tertiary/aromatic N) is 2. The number of nitrogens with one attached hydrogen (secondary N) is 1. The highest BCUT2D eigenvalue weighted by molar-refractivity contribution is 5.16. The fourth-order valence-electron chi connectivity index (χ4n) is 1.37. The molecule has 3 nitrogen and oxygen atoms in total. The molecule has 0 atom stereocenters. The van der Waals surface area contributed by atoms with Crippen LogP contribution in [0.5, 0.6) is 0 Å². The van der Waals surface area contributed by atoms with Crippen molar-refractivity contribution >= 4 is 0 Å². The van der Waals surface area contributed by atoms with Crippen LogP contribution in [0.25, 0.3) is 0 Å². The van der Waals surface area contributed by atoms with Crippen molar-refractivity contribution in [1.82, 2.24) is 15.3 Å². The summed E-state index contributed by atoms with van der Waals surface area (Å²) in [5, 5.41) is 3.09. The third kappa shape index (κ3) is 2.84. The predicted octanol–water partition coefficient (Wildman–Crippen LogP) is 1.91. The first-order valence-corrected chi connectivity index (χ1v) is 5.06. The summed E-state index contributed by atoms with van der Waals surface area (Å²) >= 11 is 0.